The molecule has 0 fully saturated rings. The molecular weight excluding hydrogens is 701 g/mol. The van der Waals surface area contributed by atoms with Crippen LogP contribution in [0.4, 0.5) is 5.69 Å². The van der Waals surface area contributed by atoms with Gasteiger partial charge in [0.25, 0.3) is 0 Å². The first-order valence-corrected chi connectivity index (χ1v) is 21.4. The van der Waals surface area contributed by atoms with Crippen LogP contribution in [0.15, 0.2) is 109 Å². The van der Waals surface area contributed by atoms with E-state index < -0.39 is 8.07 Å². The van der Waals surface area contributed by atoms with E-state index in [9.17, 15) is 0 Å². The zero-order valence-electron chi connectivity index (χ0n) is 30.3. The van der Waals surface area contributed by atoms with Gasteiger partial charge in [0.15, 0.2) is 6.20 Å². The summed E-state index contributed by atoms with van der Waals surface area (Å²) in [6.07, 6.45) is 26.3. The average Bonchev–Trinajstić information content (AvgIpc) is 3.73. The summed E-state index contributed by atoms with van der Waals surface area (Å²) in [6.45, 7) is 12.8. The normalized spacial score (nSPS) is 11.3. The molecule has 0 bridgehead atoms. The molecule has 0 amide bonds. The van der Waals surface area contributed by atoms with Crippen LogP contribution in [-0.4, -0.2) is 30.5 Å². The minimum Gasteiger partial charge on any atom is -1.00 e. The predicted octanol–water partition coefficient (Wildman–Crippen LogP) is -1.74. The molecule has 5 rings (SSSR count). The van der Waals surface area contributed by atoms with Gasteiger partial charge in [-0.3, -0.25) is 5.01 Å². The number of imidazole rings is 2. The number of fused-ring (bicyclic) bond motifs is 1. The van der Waals surface area contributed by atoms with Crippen molar-refractivity contribution in [2.24, 2.45) is 5.10 Å². The van der Waals surface area contributed by atoms with Gasteiger partial charge in [-0.15, -0.1) is 0 Å². The number of nitrogens with zero attached hydrogens (tertiary/aromatic N) is 7. The number of pyridine rings is 1. The van der Waals surface area contributed by atoms with Gasteiger partial charge in [-0.2, -0.15) is 9.67 Å². The fourth-order valence-electron chi connectivity index (χ4n) is 6.19. The van der Waals surface area contributed by atoms with E-state index >= 15 is 0 Å². The number of anilines is 1. The molecule has 7 nitrogen and oxygen atoms in total. The molecule has 0 radical (unpaired) electrons. The summed E-state index contributed by atoms with van der Waals surface area (Å²) >= 11 is 0. The molecule has 0 spiro atoms. The number of para-hydroxylation sites is 2. The highest BCUT2D eigenvalue weighted by Gasteiger charge is 2.14. The van der Waals surface area contributed by atoms with Crippen molar-refractivity contribution in [1.29, 1.82) is 0 Å². The van der Waals surface area contributed by atoms with Crippen LogP contribution in [0.25, 0.3) is 10.9 Å². The number of unbranched alkanes of at least 4 members (excludes halogenated alkanes) is 4. The van der Waals surface area contributed by atoms with Crippen molar-refractivity contribution in [2.45, 2.75) is 103 Å². The summed E-state index contributed by atoms with van der Waals surface area (Å²) in [6, 6.07) is 22.5. The molecule has 0 atom stereocenters. The fraction of sp³-hybridized carbons (Fsp3) is 0.436. The first-order valence-electron chi connectivity index (χ1n) is 17.7. The molecule has 3 heterocycles. The van der Waals surface area contributed by atoms with E-state index in [0.717, 1.165) is 44.0 Å². The largest absolute Gasteiger partial charge is 1.00 e. The molecule has 5 aromatic rings. The molecule has 50 heavy (non-hydrogen) atoms. The second kappa shape index (κ2) is 21.9. The Balaban J connectivity index is 0.00000289. The molecule has 3 aromatic heterocycles. The zero-order valence-corrected chi connectivity index (χ0v) is 33.6. The highest BCUT2D eigenvalue weighted by molar-refractivity contribution is 6.76. The Bertz CT molecular complexity index is 1700. The fourth-order valence-corrected chi connectivity index (χ4v) is 7.41. The lowest BCUT2D eigenvalue weighted by atomic mass is 10.1. The summed E-state index contributed by atoms with van der Waals surface area (Å²) < 4.78 is 11.8. The number of rotatable bonds is 19. The molecule has 0 saturated carbocycles. The predicted molar refractivity (Wildman–Crippen MR) is 196 cm³/mol. The van der Waals surface area contributed by atoms with Crippen LogP contribution in [0.5, 0.6) is 0 Å². The molecule has 0 aliphatic carbocycles. The van der Waals surface area contributed by atoms with Gasteiger partial charge in [0.1, 0.15) is 31.3 Å². The van der Waals surface area contributed by atoms with E-state index in [1.165, 1.54) is 61.9 Å². The topological polar surface area (TPSA) is 37.1 Å². The lowest BCUT2D eigenvalue weighted by Gasteiger charge is -2.13. The molecule has 2 aromatic carbocycles. The first-order chi connectivity index (χ1) is 22.8. The van der Waals surface area contributed by atoms with Crippen LogP contribution >= 0.6 is 0 Å². The maximum atomic E-state index is 4.70. The van der Waals surface area contributed by atoms with Crippen molar-refractivity contribution >= 4 is 30.9 Å². The summed E-state index contributed by atoms with van der Waals surface area (Å²) in [5.41, 5.74) is 3.48. The quantitative estimate of drug-likeness (QED) is 0.0325. The van der Waals surface area contributed by atoms with E-state index in [1.54, 1.807) is 0 Å². The Morgan fingerprint density at radius 3 is 1.88 bits per heavy atom. The highest BCUT2D eigenvalue weighted by Crippen LogP contribution is 2.16. The first kappa shape index (κ1) is 43.0. The number of hydrogen-bond donors (Lipinski definition) is 0. The Morgan fingerprint density at radius 1 is 0.660 bits per heavy atom. The standard InChI is InChI=1S/C39H56N7Si.3ClH/c1-41(37-17-8-7-9-18-37)40-33-36-21-27-46(39-20-11-10-19-38(36)39)26-13-6-5-12-22-42-28-29-43(34-42)23-14-15-24-44-30-31-45(35-44)25-16-32-47(2,3)4;;;/h7-11,17-21,27-31,33-35H,5-6,12-16,22-26,32H2,1-4H3;3*1H/q+3;;;/p-3. The van der Waals surface area contributed by atoms with Crippen molar-refractivity contribution in [1.82, 2.24) is 9.13 Å². The van der Waals surface area contributed by atoms with Gasteiger partial charge in [-0.1, -0.05) is 56.0 Å². The van der Waals surface area contributed by atoms with Crippen LogP contribution in [0.3, 0.4) is 0 Å². The molecule has 0 unspecified atom stereocenters. The third-order valence-electron chi connectivity index (χ3n) is 8.94. The molecule has 0 saturated heterocycles. The molecule has 0 N–H and O–H groups in total. The summed E-state index contributed by atoms with van der Waals surface area (Å²) in [5.74, 6) is 0. The Kier molecular flexibility index (Phi) is 18.8. The van der Waals surface area contributed by atoms with Crippen molar-refractivity contribution in [2.75, 3.05) is 12.1 Å². The zero-order chi connectivity index (χ0) is 32.9. The molecule has 0 aliphatic heterocycles. The molecular formula is C39H56Cl3N7Si. The van der Waals surface area contributed by atoms with E-state index in [2.05, 4.69) is 129 Å². The molecule has 11 heteroatoms. The van der Waals surface area contributed by atoms with Crippen LogP contribution in [0.2, 0.25) is 25.7 Å². The third kappa shape index (κ3) is 13.9. The Hall–Kier alpha value is -3.17. The number of halogens is 3. The van der Waals surface area contributed by atoms with Crippen LogP contribution in [0.1, 0.15) is 50.5 Å². The highest BCUT2D eigenvalue weighted by atomic mass is 35.5. The SMILES string of the molecule is CN(/N=C/c1cc[n+](CCCCCC[n+]2ccn(CCCCn3cc[n+](CCC[Si](C)(C)C)c3)c2)c2ccccc12)c1ccccc1.[Cl-].[Cl-].[Cl-]. The van der Waals surface area contributed by atoms with Gasteiger partial charge >= 0.3 is 0 Å². The average molecular weight is 757 g/mol. The van der Waals surface area contributed by atoms with Gasteiger partial charge in [0.2, 0.25) is 18.2 Å². The van der Waals surface area contributed by atoms with Crippen LogP contribution in [-0.2, 0) is 32.7 Å². The number of hydrogen-bond acceptors (Lipinski definition) is 2. The summed E-state index contributed by atoms with van der Waals surface area (Å²) in [4.78, 5) is 0. The van der Waals surface area contributed by atoms with Gasteiger partial charge in [0.05, 0.1) is 43.5 Å². The lowest BCUT2D eigenvalue weighted by molar-refractivity contribution is -0.697. The number of hydrazone groups is 1. The van der Waals surface area contributed by atoms with Crippen LogP contribution in [0, 0.1) is 0 Å². The van der Waals surface area contributed by atoms with Gasteiger partial charge in [-0.05, 0) is 56.7 Å². The minimum absolute atomic E-state index is 0. The second-order valence-electron chi connectivity index (χ2n) is 14.1. The van der Waals surface area contributed by atoms with Crippen molar-refractivity contribution in [3.05, 3.63) is 110 Å². The summed E-state index contributed by atoms with van der Waals surface area (Å²) in [7, 11) is 1.05. The number of aryl methyl sites for hydroxylation is 5. The third-order valence-corrected chi connectivity index (χ3v) is 10.8. The maximum absolute atomic E-state index is 4.70. The Morgan fingerprint density at radius 2 is 1.24 bits per heavy atom. The minimum atomic E-state index is -0.936. The molecule has 0 aliphatic rings. The second-order valence-corrected chi connectivity index (χ2v) is 19.8. The van der Waals surface area contributed by atoms with Gasteiger partial charge < -0.3 is 37.2 Å². The smallest absolute Gasteiger partial charge is 0.243 e. The van der Waals surface area contributed by atoms with E-state index in [-0.39, 0.29) is 37.2 Å². The summed E-state index contributed by atoms with van der Waals surface area (Å²) in [5, 5.41) is 7.86. The van der Waals surface area contributed by atoms with E-state index in [0.29, 0.717) is 0 Å². The van der Waals surface area contributed by atoms with Crippen molar-refractivity contribution in [3.8, 4) is 0 Å². The monoisotopic (exact) mass is 755 g/mol. The molecule has 272 valence electrons. The van der Waals surface area contributed by atoms with Gasteiger partial charge in [0, 0.05) is 39.2 Å². The lowest BCUT2D eigenvalue weighted by Crippen LogP contribution is -3.00. The van der Waals surface area contributed by atoms with E-state index in [4.69, 9.17) is 5.10 Å². The maximum Gasteiger partial charge on any atom is 0.243 e. The number of aromatic nitrogens is 5. The van der Waals surface area contributed by atoms with Gasteiger partial charge in [-0.25, -0.2) is 18.3 Å². The van der Waals surface area contributed by atoms with Crippen molar-refractivity contribution < 1.29 is 50.9 Å². The van der Waals surface area contributed by atoms with E-state index in [1.807, 2.05) is 36.5 Å². The number of benzene rings is 2. The van der Waals surface area contributed by atoms with Crippen LogP contribution < -0.4 is 55.9 Å². The Labute approximate surface area is 319 Å². The van der Waals surface area contributed by atoms with Crippen molar-refractivity contribution in [3.63, 3.8) is 0 Å².